The average Bonchev–Trinajstić information content (AvgIpc) is 2.90. The highest BCUT2D eigenvalue weighted by Crippen LogP contribution is 2.31. The number of rotatable bonds is 3. The van der Waals surface area contributed by atoms with Crippen LogP contribution in [0, 0.1) is 0 Å². The zero-order valence-corrected chi connectivity index (χ0v) is 15.3. The maximum Gasteiger partial charge on any atom is 0.573 e. The molecule has 1 amide bonds. The molecule has 2 aliphatic rings. The van der Waals surface area contributed by atoms with Crippen molar-refractivity contribution in [1.82, 2.24) is 14.9 Å². The van der Waals surface area contributed by atoms with Gasteiger partial charge in [-0.2, -0.15) is 5.06 Å². The first-order valence-electron chi connectivity index (χ1n) is 9.07. The summed E-state index contributed by atoms with van der Waals surface area (Å²) in [6, 6.07) is 1.19. The van der Waals surface area contributed by atoms with Crippen LogP contribution in [-0.2, 0) is 4.84 Å². The number of hydroxylamine groups is 2. The summed E-state index contributed by atoms with van der Waals surface area (Å²) in [7, 11) is 0. The third-order valence-corrected chi connectivity index (χ3v) is 4.47. The van der Waals surface area contributed by atoms with E-state index in [1.807, 2.05) is 0 Å². The number of nitrogens with zero attached hydrogens (tertiary/aromatic N) is 3. The van der Waals surface area contributed by atoms with Crippen molar-refractivity contribution < 1.29 is 41.1 Å². The number of carbonyl (C=O) groups is 1. The predicted molar refractivity (Wildman–Crippen MR) is 88.4 cm³/mol. The van der Waals surface area contributed by atoms with Crippen LogP contribution in [0.4, 0.5) is 26.7 Å². The Hall–Kier alpha value is -2.21. The third-order valence-electron chi connectivity index (χ3n) is 4.47. The van der Waals surface area contributed by atoms with Gasteiger partial charge in [0.25, 0.3) is 5.92 Å². The smallest absolute Gasteiger partial charge is 0.404 e. The molecule has 0 unspecified atom stereocenters. The van der Waals surface area contributed by atoms with Crippen LogP contribution in [-0.4, -0.2) is 65.6 Å². The molecule has 3 rings (SSSR count). The second kappa shape index (κ2) is 8.66. The van der Waals surface area contributed by atoms with Crippen LogP contribution in [0.2, 0.25) is 0 Å². The summed E-state index contributed by atoms with van der Waals surface area (Å²) < 4.78 is 73.5. The van der Waals surface area contributed by atoms with Crippen LogP contribution in [0.1, 0.15) is 25.7 Å². The van der Waals surface area contributed by atoms with Gasteiger partial charge in [0.2, 0.25) is 5.88 Å². The minimum Gasteiger partial charge on any atom is -0.404 e. The summed E-state index contributed by atoms with van der Waals surface area (Å²) in [5, 5.41) is 1.50. The first kappa shape index (κ1) is 21.5. The lowest BCUT2D eigenvalue weighted by molar-refractivity contribution is -0.274. The maximum atomic E-state index is 14.2. The monoisotopic (exact) mass is 425 g/mol. The van der Waals surface area contributed by atoms with Gasteiger partial charge in [0.15, 0.2) is 0 Å². The van der Waals surface area contributed by atoms with Gasteiger partial charge >= 0.3 is 12.5 Å². The molecule has 3 heterocycles. The molecule has 1 atom stereocenters. The van der Waals surface area contributed by atoms with Gasteiger partial charge in [0.1, 0.15) is 5.75 Å². The minimum atomic E-state index is -4.89. The second-order valence-electron chi connectivity index (χ2n) is 6.88. The first-order valence-corrected chi connectivity index (χ1v) is 9.07. The summed E-state index contributed by atoms with van der Waals surface area (Å²) >= 11 is 0. The highest BCUT2D eigenvalue weighted by molar-refractivity contribution is 5.70. The fraction of sp³-hybridized carbons (Fsp3) is 0.647. The average molecular weight is 425 g/mol. The number of pyridine rings is 1. The molecule has 7 nitrogen and oxygen atoms in total. The number of aromatic nitrogens is 1. The number of halogens is 5. The number of ether oxygens (including phenoxy) is 2. The largest absolute Gasteiger partial charge is 0.573 e. The van der Waals surface area contributed by atoms with Crippen LogP contribution in [0.25, 0.3) is 0 Å². The van der Waals surface area contributed by atoms with Crippen molar-refractivity contribution in [2.75, 3.05) is 26.2 Å². The molecule has 162 valence electrons. The lowest BCUT2D eigenvalue weighted by Gasteiger charge is -2.40. The number of amides is 1. The van der Waals surface area contributed by atoms with Gasteiger partial charge in [-0.15, -0.1) is 13.2 Å². The van der Waals surface area contributed by atoms with Crippen molar-refractivity contribution >= 4 is 6.09 Å². The van der Waals surface area contributed by atoms with Crippen molar-refractivity contribution in [1.29, 1.82) is 0 Å². The number of carbonyl (C=O) groups excluding carboxylic acids is 1. The van der Waals surface area contributed by atoms with E-state index in [-0.39, 0.29) is 12.4 Å². The van der Waals surface area contributed by atoms with E-state index in [0.29, 0.717) is 13.2 Å². The van der Waals surface area contributed by atoms with Crippen molar-refractivity contribution in [2.24, 2.45) is 0 Å². The first-order chi connectivity index (χ1) is 13.6. The Balaban J connectivity index is 1.63. The van der Waals surface area contributed by atoms with Crippen molar-refractivity contribution in [3.8, 4) is 11.6 Å². The zero-order valence-electron chi connectivity index (χ0n) is 15.3. The Morgan fingerprint density at radius 2 is 2.03 bits per heavy atom. The van der Waals surface area contributed by atoms with Gasteiger partial charge in [-0.1, -0.05) is 0 Å². The summed E-state index contributed by atoms with van der Waals surface area (Å²) in [6.45, 7) is 0.0732. The van der Waals surface area contributed by atoms with Gasteiger partial charge in [0, 0.05) is 25.6 Å². The number of hydrogen-bond acceptors (Lipinski definition) is 6. The molecule has 0 saturated carbocycles. The summed E-state index contributed by atoms with van der Waals surface area (Å²) in [5.41, 5.74) is 0. The Labute approximate surface area is 163 Å². The number of alkyl halides is 5. The van der Waals surface area contributed by atoms with E-state index >= 15 is 0 Å². The molecule has 1 aromatic rings. The molecule has 0 spiro atoms. The van der Waals surface area contributed by atoms with Gasteiger partial charge in [-0.25, -0.2) is 18.6 Å². The molecule has 12 heteroatoms. The summed E-state index contributed by atoms with van der Waals surface area (Å²) in [5.74, 6) is -4.06. The van der Waals surface area contributed by atoms with Gasteiger partial charge in [0.05, 0.1) is 25.4 Å². The number of piperidine rings is 1. The van der Waals surface area contributed by atoms with E-state index in [1.54, 1.807) is 0 Å². The SMILES string of the molecule is O=C(Oc1ccc(OC(F)(F)F)cn1)N1C[C@H](N2CCCCCO2)CC(F)(F)C1. The fourth-order valence-electron chi connectivity index (χ4n) is 3.26. The topological polar surface area (TPSA) is 64.1 Å². The molecule has 2 fully saturated rings. The van der Waals surface area contributed by atoms with Crippen LogP contribution in [0.3, 0.4) is 0 Å². The zero-order chi connectivity index (χ0) is 21.1. The van der Waals surface area contributed by atoms with E-state index in [9.17, 15) is 26.7 Å². The molecule has 1 aromatic heterocycles. The lowest BCUT2D eigenvalue weighted by Crippen LogP contribution is -2.57. The fourth-order valence-corrected chi connectivity index (χ4v) is 3.26. The molecular formula is C17H20F5N3O4. The standard InChI is InChI=1S/C17H20F5N3O4/c18-16(19)8-12(25-6-2-1-3-7-27-25)10-24(11-16)15(26)28-14-5-4-13(9-23-14)29-17(20,21)22/h4-5,9,12H,1-3,6-8,10-11H2/t12-/m1/s1. The highest BCUT2D eigenvalue weighted by atomic mass is 19.4. The lowest BCUT2D eigenvalue weighted by atomic mass is 10.0. The van der Waals surface area contributed by atoms with E-state index in [2.05, 4.69) is 9.72 Å². The second-order valence-corrected chi connectivity index (χ2v) is 6.88. The van der Waals surface area contributed by atoms with E-state index in [1.165, 1.54) is 5.06 Å². The number of likely N-dealkylation sites (tertiary alicyclic amines) is 1. The third kappa shape index (κ3) is 6.39. The van der Waals surface area contributed by atoms with Gasteiger partial charge < -0.3 is 14.4 Å². The van der Waals surface area contributed by atoms with E-state index < -0.39 is 43.1 Å². The molecule has 29 heavy (non-hydrogen) atoms. The quantitative estimate of drug-likeness (QED) is 0.690. The molecule has 0 aromatic carbocycles. The van der Waals surface area contributed by atoms with Crippen molar-refractivity contribution in [3.63, 3.8) is 0 Å². The van der Waals surface area contributed by atoms with Gasteiger partial charge in [-0.05, 0) is 25.3 Å². The molecule has 2 saturated heterocycles. The predicted octanol–water partition coefficient (Wildman–Crippen LogP) is 3.61. The van der Waals surface area contributed by atoms with E-state index in [4.69, 9.17) is 9.57 Å². The van der Waals surface area contributed by atoms with Gasteiger partial charge in [-0.3, -0.25) is 4.84 Å². The summed E-state index contributed by atoms with van der Waals surface area (Å²) in [4.78, 5) is 22.3. The Bertz CT molecular complexity index is 693. The minimum absolute atomic E-state index is 0.0241. The molecular weight excluding hydrogens is 405 g/mol. The Morgan fingerprint density at radius 1 is 1.24 bits per heavy atom. The Morgan fingerprint density at radius 3 is 2.72 bits per heavy atom. The number of hydrogen-bond donors (Lipinski definition) is 0. The molecule has 0 bridgehead atoms. The normalized spacial score (nSPS) is 23.3. The van der Waals surface area contributed by atoms with Crippen LogP contribution < -0.4 is 9.47 Å². The van der Waals surface area contributed by atoms with Crippen LogP contribution in [0.5, 0.6) is 11.6 Å². The van der Waals surface area contributed by atoms with Crippen molar-refractivity contribution in [2.45, 2.75) is 44.0 Å². The highest BCUT2D eigenvalue weighted by Gasteiger charge is 2.45. The summed E-state index contributed by atoms with van der Waals surface area (Å²) in [6.07, 6.45) is -3.10. The van der Waals surface area contributed by atoms with Crippen LogP contribution in [0.15, 0.2) is 18.3 Å². The maximum absolute atomic E-state index is 14.2. The molecule has 0 N–H and O–H groups in total. The Kier molecular flexibility index (Phi) is 6.42. The molecule has 0 aliphatic carbocycles. The molecule has 2 aliphatic heterocycles. The molecule has 0 radical (unpaired) electrons. The van der Waals surface area contributed by atoms with Crippen LogP contribution >= 0.6 is 0 Å². The van der Waals surface area contributed by atoms with E-state index in [0.717, 1.165) is 42.5 Å². The van der Waals surface area contributed by atoms with Crippen molar-refractivity contribution in [3.05, 3.63) is 18.3 Å².